The van der Waals surface area contributed by atoms with Crippen LogP contribution < -0.4 is 0 Å². The van der Waals surface area contributed by atoms with Gasteiger partial charge in [-0.3, -0.25) is 0 Å². The van der Waals surface area contributed by atoms with Crippen molar-refractivity contribution >= 4 is 21.9 Å². The summed E-state index contributed by atoms with van der Waals surface area (Å²) >= 11 is 0. The molecule has 0 aliphatic rings. The fourth-order valence-electron chi connectivity index (χ4n) is 7.23. The van der Waals surface area contributed by atoms with Gasteiger partial charge in [0.15, 0.2) is 11.6 Å². The van der Waals surface area contributed by atoms with Crippen molar-refractivity contribution < 1.29 is 4.42 Å². The van der Waals surface area contributed by atoms with Gasteiger partial charge in [0.05, 0.1) is 28.3 Å². The molecule has 10 aromatic rings. The SMILES string of the molecule is c1ccc(-c2cc(-c3ccccc3)nc(-c3ccc(-c4cccc5oc6c(-c7nc(-c8ccccc8)cc(-c8ccccc8)n7)cccc6c45)cc3)n2)cc1. The molecule has 3 heterocycles. The molecule has 5 heteroatoms. The molecule has 0 N–H and O–H groups in total. The summed E-state index contributed by atoms with van der Waals surface area (Å²) in [5.74, 6) is 1.29. The molecule has 5 nitrogen and oxygen atoms in total. The fourth-order valence-corrected chi connectivity index (χ4v) is 7.23. The van der Waals surface area contributed by atoms with Crippen LogP contribution >= 0.6 is 0 Å². The Bertz CT molecular complexity index is 2830. The van der Waals surface area contributed by atoms with E-state index in [-0.39, 0.29) is 0 Å². The second kappa shape index (κ2) is 13.8. The Kier molecular flexibility index (Phi) is 8.08. The van der Waals surface area contributed by atoms with Crippen LogP contribution in [0, 0.1) is 0 Å². The zero-order valence-electron chi connectivity index (χ0n) is 29.7. The van der Waals surface area contributed by atoms with Crippen molar-refractivity contribution in [3.05, 3.63) is 194 Å². The summed E-state index contributed by atoms with van der Waals surface area (Å²) in [5.41, 5.74) is 13.1. The van der Waals surface area contributed by atoms with Crippen molar-refractivity contribution in [3.63, 3.8) is 0 Å². The second-order valence-corrected chi connectivity index (χ2v) is 13.4. The molecule has 10 rings (SSSR count). The average molecular weight is 705 g/mol. The van der Waals surface area contributed by atoms with Crippen LogP contribution in [0.25, 0.3) is 101 Å². The highest BCUT2D eigenvalue weighted by atomic mass is 16.3. The van der Waals surface area contributed by atoms with Gasteiger partial charge in [-0.15, -0.1) is 0 Å². The van der Waals surface area contributed by atoms with Gasteiger partial charge in [0.25, 0.3) is 0 Å². The minimum Gasteiger partial charge on any atom is -0.455 e. The maximum absolute atomic E-state index is 6.69. The number of fused-ring (bicyclic) bond motifs is 3. The third-order valence-corrected chi connectivity index (χ3v) is 9.95. The van der Waals surface area contributed by atoms with Gasteiger partial charge < -0.3 is 4.42 Å². The van der Waals surface area contributed by atoms with E-state index in [4.69, 9.17) is 24.4 Å². The molecule has 0 aliphatic heterocycles. The zero-order chi connectivity index (χ0) is 36.6. The molecule has 258 valence electrons. The number of rotatable bonds is 7. The van der Waals surface area contributed by atoms with Crippen LogP contribution in [0.1, 0.15) is 0 Å². The van der Waals surface area contributed by atoms with E-state index in [0.29, 0.717) is 11.6 Å². The van der Waals surface area contributed by atoms with E-state index >= 15 is 0 Å². The van der Waals surface area contributed by atoms with Gasteiger partial charge in [0.1, 0.15) is 11.2 Å². The number of hydrogen-bond acceptors (Lipinski definition) is 5. The predicted molar refractivity (Wildman–Crippen MR) is 223 cm³/mol. The highest BCUT2D eigenvalue weighted by molar-refractivity contribution is 6.15. The van der Waals surface area contributed by atoms with Crippen LogP contribution in [0.5, 0.6) is 0 Å². The number of hydrogen-bond donors (Lipinski definition) is 0. The Labute approximate surface area is 318 Å². The van der Waals surface area contributed by atoms with Gasteiger partial charge in [-0.2, -0.15) is 0 Å². The third kappa shape index (κ3) is 6.14. The van der Waals surface area contributed by atoms with Crippen LogP contribution in [-0.4, -0.2) is 19.9 Å². The molecule has 0 radical (unpaired) electrons. The molecule has 7 aromatic carbocycles. The standard InChI is InChI=1S/C50H32N4O/c1-5-15-34(16-6-1)42-31-43(35-17-7-2-8-18-35)52-49(51-42)38-29-27-33(28-30-38)39-23-14-26-46-47(39)40-24-13-25-41(48(40)55-46)50-53-44(36-19-9-3-10-20-36)32-45(54-50)37-21-11-4-12-22-37/h1-32H. The van der Waals surface area contributed by atoms with E-state index < -0.39 is 0 Å². The molecule has 0 unspecified atom stereocenters. The summed E-state index contributed by atoms with van der Waals surface area (Å²) in [5, 5.41) is 2.05. The van der Waals surface area contributed by atoms with E-state index in [2.05, 4.69) is 103 Å². The minimum atomic E-state index is 0.614. The summed E-state index contributed by atoms with van der Waals surface area (Å²) in [4.78, 5) is 20.3. The number of para-hydroxylation sites is 1. The number of aromatic nitrogens is 4. The first-order valence-electron chi connectivity index (χ1n) is 18.3. The maximum Gasteiger partial charge on any atom is 0.164 e. The highest BCUT2D eigenvalue weighted by Gasteiger charge is 2.19. The van der Waals surface area contributed by atoms with Crippen molar-refractivity contribution in [2.45, 2.75) is 0 Å². The van der Waals surface area contributed by atoms with Crippen LogP contribution in [0.3, 0.4) is 0 Å². The summed E-state index contributed by atoms with van der Waals surface area (Å²) < 4.78 is 6.69. The van der Waals surface area contributed by atoms with Crippen LogP contribution in [0.15, 0.2) is 199 Å². The van der Waals surface area contributed by atoms with Crippen LogP contribution in [0.2, 0.25) is 0 Å². The average Bonchev–Trinajstić information content (AvgIpc) is 3.67. The second-order valence-electron chi connectivity index (χ2n) is 13.4. The molecule has 0 bridgehead atoms. The van der Waals surface area contributed by atoms with Crippen LogP contribution in [-0.2, 0) is 0 Å². The first kappa shape index (κ1) is 32.2. The number of benzene rings is 7. The van der Waals surface area contributed by atoms with Crippen molar-refractivity contribution in [2.24, 2.45) is 0 Å². The van der Waals surface area contributed by atoms with Gasteiger partial charge >= 0.3 is 0 Å². The van der Waals surface area contributed by atoms with Crippen molar-refractivity contribution in [2.75, 3.05) is 0 Å². The lowest BCUT2D eigenvalue weighted by atomic mass is 9.97. The van der Waals surface area contributed by atoms with E-state index in [9.17, 15) is 0 Å². The number of nitrogens with zero attached hydrogens (tertiary/aromatic N) is 4. The predicted octanol–water partition coefficient (Wildman–Crippen LogP) is 12.8. The van der Waals surface area contributed by atoms with Crippen molar-refractivity contribution in [1.29, 1.82) is 0 Å². The lowest BCUT2D eigenvalue weighted by molar-refractivity contribution is 0.669. The Balaban J connectivity index is 1.08. The quantitative estimate of drug-likeness (QED) is 0.165. The Hall–Kier alpha value is -7.50. The lowest BCUT2D eigenvalue weighted by Gasteiger charge is -2.10. The Morgan fingerprint density at radius 2 is 0.727 bits per heavy atom. The van der Waals surface area contributed by atoms with E-state index in [1.807, 2.05) is 91.0 Å². The summed E-state index contributed by atoms with van der Waals surface area (Å²) in [7, 11) is 0. The molecule has 0 amide bonds. The minimum absolute atomic E-state index is 0.614. The Morgan fingerprint density at radius 1 is 0.309 bits per heavy atom. The maximum atomic E-state index is 6.69. The highest BCUT2D eigenvalue weighted by Crippen LogP contribution is 2.41. The summed E-state index contributed by atoms with van der Waals surface area (Å²) in [6.07, 6.45) is 0. The molecular weight excluding hydrogens is 673 g/mol. The smallest absolute Gasteiger partial charge is 0.164 e. The summed E-state index contributed by atoms with van der Waals surface area (Å²) in [6.45, 7) is 0. The number of furan rings is 1. The van der Waals surface area contributed by atoms with Crippen LogP contribution in [0.4, 0.5) is 0 Å². The van der Waals surface area contributed by atoms with Gasteiger partial charge in [-0.1, -0.05) is 170 Å². The monoisotopic (exact) mass is 704 g/mol. The van der Waals surface area contributed by atoms with Gasteiger partial charge in [0, 0.05) is 38.6 Å². The van der Waals surface area contributed by atoms with E-state index in [1.54, 1.807) is 0 Å². The van der Waals surface area contributed by atoms with Crippen molar-refractivity contribution in [3.8, 4) is 78.9 Å². The molecule has 55 heavy (non-hydrogen) atoms. The third-order valence-electron chi connectivity index (χ3n) is 9.95. The molecular formula is C50H32N4O. The van der Waals surface area contributed by atoms with Gasteiger partial charge in [-0.05, 0) is 35.4 Å². The van der Waals surface area contributed by atoms with Gasteiger partial charge in [-0.25, -0.2) is 19.9 Å². The largest absolute Gasteiger partial charge is 0.455 e. The van der Waals surface area contributed by atoms with Gasteiger partial charge in [0.2, 0.25) is 0 Å². The Morgan fingerprint density at radius 3 is 1.22 bits per heavy atom. The lowest BCUT2D eigenvalue weighted by Crippen LogP contribution is -1.96. The normalized spacial score (nSPS) is 11.3. The first-order valence-corrected chi connectivity index (χ1v) is 18.3. The topological polar surface area (TPSA) is 64.7 Å². The molecule has 3 aromatic heterocycles. The molecule has 0 fully saturated rings. The zero-order valence-corrected chi connectivity index (χ0v) is 29.7. The molecule has 0 spiro atoms. The fraction of sp³-hybridized carbons (Fsp3) is 0. The van der Waals surface area contributed by atoms with E-state index in [0.717, 1.165) is 89.2 Å². The molecule has 0 saturated carbocycles. The molecule has 0 saturated heterocycles. The molecule has 0 atom stereocenters. The summed E-state index contributed by atoms with van der Waals surface area (Å²) in [6, 6.07) is 66.1. The first-order chi connectivity index (χ1) is 27.2. The van der Waals surface area contributed by atoms with E-state index in [1.165, 1.54) is 0 Å². The molecule has 0 aliphatic carbocycles. The van der Waals surface area contributed by atoms with Crippen molar-refractivity contribution in [1.82, 2.24) is 19.9 Å².